The van der Waals surface area contributed by atoms with E-state index < -0.39 is 30.9 Å². The summed E-state index contributed by atoms with van der Waals surface area (Å²) in [5.74, 6) is 0. The summed E-state index contributed by atoms with van der Waals surface area (Å²) in [5.41, 5.74) is 0. The summed E-state index contributed by atoms with van der Waals surface area (Å²) in [6.45, 7) is 0.00499. The number of hydrogen-bond acceptors (Lipinski definition) is 7. The first kappa shape index (κ1) is 10.4. The molecule has 1 aliphatic heterocycles. The predicted molar refractivity (Wildman–Crippen MR) is 36.0 cm³/mol. The van der Waals surface area contributed by atoms with Crippen molar-refractivity contribution in [1.82, 2.24) is 0 Å². The second-order valence-corrected chi connectivity index (χ2v) is 2.60. The van der Waals surface area contributed by atoms with Crippen LogP contribution < -0.4 is 0 Å². The third-order valence-corrected chi connectivity index (χ3v) is 1.73. The van der Waals surface area contributed by atoms with Crippen LogP contribution in [-0.2, 0) is 14.3 Å². The molecule has 4 N–H and O–H groups in total. The second kappa shape index (κ2) is 3.99. The Morgan fingerprint density at radius 1 is 1.08 bits per heavy atom. The average Bonchev–Trinajstić information content (AvgIpc) is 2.11. The van der Waals surface area contributed by atoms with Gasteiger partial charge in [-0.3, -0.25) is 4.79 Å². The van der Waals surface area contributed by atoms with E-state index in [1.54, 1.807) is 0 Å². The van der Waals surface area contributed by atoms with E-state index in [0.717, 1.165) is 0 Å². The number of rotatable bonds is 2. The third-order valence-electron chi connectivity index (χ3n) is 1.73. The van der Waals surface area contributed by atoms with Gasteiger partial charge >= 0.3 is 0 Å². The van der Waals surface area contributed by atoms with Gasteiger partial charge in [-0.15, -0.1) is 0 Å². The quantitative estimate of drug-likeness (QED) is 0.344. The molecule has 0 aromatic rings. The highest BCUT2D eigenvalue weighted by atomic mass is 16.8. The predicted octanol–water partition coefficient (Wildman–Crippen LogP) is -3.08. The summed E-state index contributed by atoms with van der Waals surface area (Å²) in [6.07, 6.45) is -7.98. The van der Waals surface area contributed by atoms with E-state index in [2.05, 4.69) is 9.47 Å². The first-order chi connectivity index (χ1) is 6.07. The van der Waals surface area contributed by atoms with E-state index in [9.17, 15) is 4.79 Å². The molecule has 0 aromatic heterocycles. The highest BCUT2D eigenvalue weighted by Crippen LogP contribution is 2.19. The molecule has 5 atom stereocenters. The van der Waals surface area contributed by atoms with Gasteiger partial charge in [-0.1, -0.05) is 0 Å². The molecule has 7 nitrogen and oxygen atoms in total. The molecule has 1 saturated heterocycles. The van der Waals surface area contributed by atoms with Gasteiger partial charge in [0.05, 0.1) is 0 Å². The number of aliphatic hydroxyl groups excluding tert-OH is 4. The Balaban J connectivity index is 2.64. The number of aliphatic hydroxyl groups is 4. The van der Waals surface area contributed by atoms with Crippen LogP contribution in [0.25, 0.3) is 0 Å². The molecule has 76 valence electrons. The van der Waals surface area contributed by atoms with E-state index in [1.807, 2.05) is 0 Å². The zero-order valence-corrected chi connectivity index (χ0v) is 6.48. The van der Waals surface area contributed by atoms with Gasteiger partial charge in [0, 0.05) is 0 Å². The van der Waals surface area contributed by atoms with Crippen LogP contribution in [0.4, 0.5) is 0 Å². The Morgan fingerprint density at radius 2 is 1.69 bits per heavy atom. The third kappa shape index (κ3) is 1.95. The Labute approximate surface area is 73.1 Å². The zero-order valence-electron chi connectivity index (χ0n) is 6.48. The first-order valence-electron chi connectivity index (χ1n) is 3.54. The van der Waals surface area contributed by atoms with Crippen molar-refractivity contribution in [2.45, 2.75) is 30.9 Å². The maximum absolute atomic E-state index is 9.87. The maximum Gasteiger partial charge on any atom is 0.295 e. The summed E-state index contributed by atoms with van der Waals surface area (Å²) < 4.78 is 8.66. The lowest BCUT2D eigenvalue weighted by Crippen LogP contribution is -2.58. The number of ether oxygens (including phenoxy) is 2. The van der Waals surface area contributed by atoms with Gasteiger partial charge in [0.1, 0.15) is 18.3 Å². The lowest BCUT2D eigenvalue weighted by molar-refractivity contribution is -0.328. The molecule has 2 unspecified atom stereocenters. The maximum atomic E-state index is 9.87. The fourth-order valence-corrected chi connectivity index (χ4v) is 0.997. The van der Waals surface area contributed by atoms with Gasteiger partial charge in [-0.2, -0.15) is 0 Å². The van der Waals surface area contributed by atoms with Gasteiger partial charge in [0.2, 0.25) is 6.29 Å². The zero-order chi connectivity index (χ0) is 10.0. The molecule has 0 aliphatic carbocycles. The number of carbonyl (C=O) groups excluding carboxylic acids is 1. The van der Waals surface area contributed by atoms with E-state index in [4.69, 9.17) is 20.4 Å². The van der Waals surface area contributed by atoms with Gasteiger partial charge < -0.3 is 29.9 Å². The molecular weight excluding hydrogens is 184 g/mol. The van der Waals surface area contributed by atoms with Crippen LogP contribution in [0.3, 0.4) is 0 Å². The number of hydrogen-bond donors (Lipinski definition) is 4. The van der Waals surface area contributed by atoms with Crippen molar-refractivity contribution < 1.29 is 34.7 Å². The molecule has 0 amide bonds. The summed E-state index contributed by atoms with van der Waals surface area (Å²) in [4.78, 5) is 9.87. The summed E-state index contributed by atoms with van der Waals surface area (Å²) in [6, 6.07) is 0. The Hall–Kier alpha value is -0.730. The fraction of sp³-hybridized carbons (Fsp3) is 0.833. The molecule has 1 rings (SSSR count). The van der Waals surface area contributed by atoms with Crippen molar-refractivity contribution in [1.29, 1.82) is 0 Å². The summed E-state index contributed by atoms with van der Waals surface area (Å²) >= 11 is 0. The Morgan fingerprint density at radius 3 is 2.23 bits per heavy atom. The lowest BCUT2D eigenvalue weighted by Gasteiger charge is -2.36. The van der Waals surface area contributed by atoms with Crippen LogP contribution in [-0.4, -0.2) is 57.8 Å². The average molecular weight is 194 g/mol. The van der Waals surface area contributed by atoms with Crippen LogP contribution in [0.5, 0.6) is 0 Å². The second-order valence-electron chi connectivity index (χ2n) is 2.60. The monoisotopic (exact) mass is 194 g/mol. The molecule has 1 heterocycles. The largest absolute Gasteiger partial charge is 0.435 e. The Kier molecular flexibility index (Phi) is 3.17. The van der Waals surface area contributed by atoms with Crippen molar-refractivity contribution in [2.24, 2.45) is 0 Å². The van der Waals surface area contributed by atoms with Crippen molar-refractivity contribution in [3.63, 3.8) is 0 Å². The molecular formula is C6H10O7. The van der Waals surface area contributed by atoms with Crippen LogP contribution in [0.2, 0.25) is 0 Å². The fourth-order valence-electron chi connectivity index (χ4n) is 0.997. The van der Waals surface area contributed by atoms with Gasteiger partial charge in [-0.05, 0) is 0 Å². The van der Waals surface area contributed by atoms with Crippen LogP contribution in [0.1, 0.15) is 0 Å². The van der Waals surface area contributed by atoms with Crippen LogP contribution >= 0.6 is 0 Å². The molecule has 0 radical (unpaired) electrons. The standard InChI is InChI=1S/C6H10O7/c7-1-12-6-4(10)2(8)3(9)5(11)13-6/h1-6,8-11H/t2-,3?,4+,5-,6?/m1/s1. The summed E-state index contributed by atoms with van der Waals surface area (Å²) in [5, 5.41) is 36.1. The number of carbonyl (C=O) groups is 1. The van der Waals surface area contributed by atoms with Crippen molar-refractivity contribution in [3.8, 4) is 0 Å². The normalized spacial score (nSPS) is 45.7. The van der Waals surface area contributed by atoms with Gasteiger partial charge in [0.25, 0.3) is 6.47 Å². The van der Waals surface area contributed by atoms with Crippen molar-refractivity contribution in [2.75, 3.05) is 0 Å². The van der Waals surface area contributed by atoms with Crippen LogP contribution in [0, 0.1) is 0 Å². The van der Waals surface area contributed by atoms with Crippen molar-refractivity contribution >= 4 is 6.47 Å². The Bertz CT molecular complexity index is 184. The molecule has 0 saturated carbocycles. The molecule has 0 spiro atoms. The topological polar surface area (TPSA) is 116 Å². The van der Waals surface area contributed by atoms with E-state index in [-0.39, 0.29) is 6.47 Å². The van der Waals surface area contributed by atoms with E-state index in [0.29, 0.717) is 0 Å². The van der Waals surface area contributed by atoms with Crippen molar-refractivity contribution in [3.05, 3.63) is 0 Å². The molecule has 13 heavy (non-hydrogen) atoms. The van der Waals surface area contributed by atoms with Gasteiger partial charge in [-0.25, -0.2) is 0 Å². The minimum absolute atomic E-state index is 0.00499. The van der Waals surface area contributed by atoms with E-state index in [1.165, 1.54) is 0 Å². The first-order valence-corrected chi connectivity index (χ1v) is 3.54. The summed E-state index contributed by atoms with van der Waals surface area (Å²) in [7, 11) is 0. The minimum atomic E-state index is -1.69. The molecule has 0 aromatic carbocycles. The highest BCUT2D eigenvalue weighted by Gasteiger charge is 2.44. The molecule has 0 bridgehead atoms. The molecule has 7 heteroatoms. The van der Waals surface area contributed by atoms with E-state index >= 15 is 0 Å². The lowest BCUT2D eigenvalue weighted by atomic mass is 10.0. The molecule has 1 aliphatic rings. The minimum Gasteiger partial charge on any atom is -0.435 e. The van der Waals surface area contributed by atoms with Gasteiger partial charge in [0.15, 0.2) is 6.29 Å². The van der Waals surface area contributed by atoms with Crippen LogP contribution in [0.15, 0.2) is 0 Å². The molecule has 1 fully saturated rings. The smallest absolute Gasteiger partial charge is 0.295 e. The SMILES string of the molecule is O=COC1O[C@@H](O)C(O)[C@@H](O)[C@@H]1O. The highest BCUT2D eigenvalue weighted by molar-refractivity contribution is 5.37.